The Hall–Kier alpha value is -7.80. The van der Waals surface area contributed by atoms with E-state index in [1.807, 2.05) is 0 Å². The van der Waals surface area contributed by atoms with Crippen molar-refractivity contribution >= 4 is 64.6 Å². The summed E-state index contributed by atoms with van der Waals surface area (Å²) in [4.78, 5) is 0. The molecule has 0 fully saturated rings. The molecule has 12 aromatic rings. The number of rotatable bonds is 5. The van der Waals surface area contributed by atoms with Gasteiger partial charge in [-0.3, -0.25) is 0 Å². The summed E-state index contributed by atoms with van der Waals surface area (Å²) in [5.41, 5.74) is 23.2. The van der Waals surface area contributed by atoms with Gasteiger partial charge in [0.15, 0.2) is 0 Å². The van der Waals surface area contributed by atoms with Crippen LogP contribution in [0.5, 0.6) is 0 Å². The van der Waals surface area contributed by atoms with E-state index < -0.39 is 0 Å². The van der Waals surface area contributed by atoms with Gasteiger partial charge in [0.2, 0.25) is 0 Å². The standard InChI is InChI=1S/C68H54/c1-39-17-13-18-40(2)65(39)61-37-59-55-33-47(29-31-53(55)63(67-43(5)21-15-22-44(67)6)35-57(59)49-25-9-11-27-51(49)61)48-30-32-54-56(34-48)60-38-62(66-41(3)19-14-20-42(66)4)52-28-12-10-26-50(52)58(60)36-64(54)68-45(7)23-16-24-46(68)8/h9-38H,1-8H3. The van der Waals surface area contributed by atoms with E-state index in [1.165, 1.54) is 165 Å². The molecule has 0 radical (unpaired) electrons. The second kappa shape index (κ2) is 15.9. The van der Waals surface area contributed by atoms with Crippen LogP contribution < -0.4 is 0 Å². The van der Waals surface area contributed by atoms with Gasteiger partial charge in [0.05, 0.1) is 0 Å². The van der Waals surface area contributed by atoms with Gasteiger partial charge < -0.3 is 0 Å². The summed E-state index contributed by atoms with van der Waals surface area (Å²) in [5.74, 6) is 0. The third-order valence-corrected chi connectivity index (χ3v) is 15.3. The average molecular weight is 871 g/mol. The third kappa shape index (κ3) is 6.42. The van der Waals surface area contributed by atoms with Crippen molar-refractivity contribution in [2.45, 2.75) is 55.4 Å². The van der Waals surface area contributed by atoms with Crippen LogP contribution in [0.15, 0.2) is 182 Å². The smallest absolute Gasteiger partial charge is 0.00921 e. The molecule has 0 nitrogen and oxygen atoms in total. The SMILES string of the molecule is Cc1cccc(C)c1-c1cc2c3cc(-c4ccc5c(-c6c(C)cccc6C)cc6c7ccccc7c(-c7c(C)cccc7C)cc6c5c4)ccc3c(-c3c(C)cccc3C)cc2c2ccccc12. The van der Waals surface area contributed by atoms with Gasteiger partial charge in [-0.15, -0.1) is 0 Å². The topological polar surface area (TPSA) is 0 Å². The van der Waals surface area contributed by atoms with Crippen molar-refractivity contribution in [1.29, 1.82) is 0 Å². The number of aryl methyl sites for hydroxylation is 8. The first-order valence-electron chi connectivity index (χ1n) is 24.2. The Morgan fingerprint density at radius 2 is 0.397 bits per heavy atom. The molecule has 0 unspecified atom stereocenters. The number of benzene rings is 12. The van der Waals surface area contributed by atoms with Crippen LogP contribution in [-0.2, 0) is 0 Å². The minimum absolute atomic E-state index is 1.21. The zero-order chi connectivity index (χ0) is 46.5. The largest absolute Gasteiger partial charge is 0.0617 e. The normalized spacial score (nSPS) is 11.8. The molecule has 0 aliphatic rings. The van der Waals surface area contributed by atoms with E-state index >= 15 is 0 Å². The van der Waals surface area contributed by atoms with E-state index in [2.05, 4.69) is 237 Å². The lowest BCUT2D eigenvalue weighted by molar-refractivity contribution is 1.38. The lowest BCUT2D eigenvalue weighted by atomic mass is 9.83. The van der Waals surface area contributed by atoms with E-state index in [0.717, 1.165) is 0 Å². The van der Waals surface area contributed by atoms with Crippen LogP contribution in [-0.4, -0.2) is 0 Å². The second-order valence-corrected chi connectivity index (χ2v) is 19.6. The van der Waals surface area contributed by atoms with E-state index in [9.17, 15) is 0 Å². The monoisotopic (exact) mass is 870 g/mol. The van der Waals surface area contributed by atoms with Gasteiger partial charge in [0.1, 0.15) is 0 Å². The molecule has 0 spiro atoms. The summed E-state index contributed by atoms with van der Waals surface area (Å²) in [7, 11) is 0. The first-order chi connectivity index (χ1) is 33.0. The molecule has 0 saturated heterocycles. The summed E-state index contributed by atoms with van der Waals surface area (Å²) in [5, 5.41) is 15.4. The van der Waals surface area contributed by atoms with Crippen LogP contribution in [0, 0.1) is 55.4 Å². The molecule has 326 valence electrons. The fraction of sp³-hybridized carbons (Fsp3) is 0.118. The lowest BCUT2D eigenvalue weighted by Gasteiger charge is -2.21. The minimum atomic E-state index is 1.21. The molecule has 12 aromatic carbocycles. The van der Waals surface area contributed by atoms with Gasteiger partial charge in [0.25, 0.3) is 0 Å². The van der Waals surface area contributed by atoms with E-state index in [0.29, 0.717) is 0 Å². The molecule has 68 heavy (non-hydrogen) atoms. The van der Waals surface area contributed by atoms with Gasteiger partial charge in [0, 0.05) is 0 Å². The van der Waals surface area contributed by atoms with Crippen molar-refractivity contribution in [1.82, 2.24) is 0 Å². The van der Waals surface area contributed by atoms with Crippen LogP contribution in [0.4, 0.5) is 0 Å². The van der Waals surface area contributed by atoms with Gasteiger partial charge in [-0.2, -0.15) is 0 Å². The van der Waals surface area contributed by atoms with Crippen molar-refractivity contribution in [2.24, 2.45) is 0 Å². The Labute approximate surface area is 400 Å². The third-order valence-electron chi connectivity index (χ3n) is 15.3. The van der Waals surface area contributed by atoms with Crippen molar-refractivity contribution in [3.63, 3.8) is 0 Å². The molecule has 0 aliphatic carbocycles. The molecule has 0 heterocycles. The van der Waals surface area contributed by atoms with Gasteiger partial charge in [-0.25, -0.2) is 0 Å². The molecule has 0 aliphatic heterocycles. The predicted molar refractivity (Wildman–Crippen MR) is 297 cm³/mol. The van der Waals surface area contributed by atoms with Crippen molar-refractivity contribution in [3.8, 4) is 55.6 Å². The highest BCUT2D eigenvalue weighted by molar-refractivity contribution is 6.26. The Balaban J connectivity index is 1.20. The highest BCUT2D eigenvalue weighted by Crippen LogP contribution is 2.48. The minimum Gasteiger partial charge on any atom is -0.0617 e. The molecule has 0 saturated carbocycles. The predicted octanol–water partition coefficient (Wildman–Crippen LogP) is 19.4. The molecule has 12 rings (SSSR count). The van der Waals surface area contributed by atoms with Crippen LogP contribution in [0.1, 0.15) is 44.5 Å². The summed E-state index contributed by atoms with van der Waals surface area (Å²) in [6, 6.07) is 69.4. The Bertz CT molecular complexity index is 3750. The van der Waals surface area contributed by atoms with E-state index in [4.69, 9.17) is 0 Å². The second-order valence-electron chi connectivity index (χ2n) is 19.6. The highest BCUT2D eigenvalue weighted by Gasteiger charge is 2.21. The zero-order valence-electron chi connectivity index (χ0n) is 40.3. The number of hydrogen-bond donors (Lipinski definition) is 0. The average Bonchev–Trinajstić information content (AvgIpc) is 3.33. The number of hydrogen-bond acceptors (Lipinski definition) is 0. The lowest BCUT2D eigenvalue weighted by Crippen LogP contribution is -1.95. The van der Waals surface area contributed by atoms with Crippen molar-refractivity contribution < 1.29 is 0 Å². The van der Waals surface area contributed by atoms with E-state index in [1.54, 1.807) is 0 Å². The summed E-state index contributed by atoms with van der Waals surface area (Å²) >= 11 is 0. The van der Waals surface area contributed by atoms with Crippen LogP contribution in [0.3, 0.4) is 0 Å². The summed E-state index contributed by atoms with van der Waals surface area (Å²) in [6.07, 6.45) is 0. The summed E-state index contributed by atoms with van der Waals surface area (Å²) < 4.78 is 0. The Morgan fingerprint density at radius 1 is 0.176 bits per heavy atom. The fourth-order valence-corrected chi connectivity index (χ4v) is 12.1. The number of fused-ring (bicyclic) bond motifs is 10. The first-order valence-corrected chi connectivity index (χ1v) is 24.2. The van der Waals surface area contributed by atoms with E-state index in [-0.39, 0.29) is 0 Å². The van der Waals surface area contributed by atoms with Crippen LogP contribution in [0.2, 0.25) is 0 Å². The molecule has 0 bridgehead atoms. The Kier molecular flexibility index (Phi) is 9.75. The maximum atomic E-state index is 2.50. The molecule has 0 N–H and O–H groups in total. The Morgan fingerprint density at radius 3 is 0.676 bits per heavy atom. The molecule has 0 heteroatoms. The molecule has 0 atom stereocenters. The molecule has 0 aromatic heterocycles. The maximum absolute atomic E-state index is 2.50. The quantitative estimate of drug-likeness (QED) is 0.151. The fourth-order valence-electron chi connectivity index (χ4n) is 12.1. The van der Waals surface area contributed by atoms with Crippen molar-refractivity contribution in [3.05, 3.63) is 226 Å². The maximum Gasteiger partial charge on any atom is -0.00921 e. The molecular weight excluding hydrogens is 817 g/mol. The van der Waals surface area contributed by atoms with Crippen LogP contribution in [0.25, 0.3) is 120 Å². The summed E-state index contributed by atoms with van der Waals surface area (Å²) in [6.45, 7) is 18.1. The van der Waals surface area contributed by atoms with Crippen molar-refractivity contribution in [2.75, 3.05) is 0 Å². The van der Waals surface area contributed by atoms with Gasteiger partial charge >= 0.3 is 0 Å². The molecule has 0 amide bonds. The first kappa shape index (κ1) is 41.6. The van der Waals surface area contributed by atoms with Crippen LogP contribution >= 0.6 is 0 Å². The molecular formula is C68H54. The van der Waals surface area contributed by atoms with Gasteiger partial charge in [-0.1, -0.05) is 146 Å². The zero-order valence-corrected chi connectivity index (χ0v) is 40.3. The van der Waals surface area contributed by atoms with Gasteiger partial charge in [-0.05, 0) is 257 Å². The highest BCUT2D eigenvalue weighted by atomic mass is 14.2.